The summed E-state index contributed by atoms with van der Waals surface area (Å²) >= 11 is 0. The summed E-state index contributed by atoms with van der Waals surface area (Å²) < 4.78 is 5.07. The Hall–Kier alpha value is -2.54. The summed E-state index contributed by atoms with van der Waals surface area (Å²) in [6, 6.07) is 0. The highest BCUT2D eigenvalue weighted by Crippen LogP contribution is 2.25. The fourth-order valence-corrected chi connectivity index (χ4v) is 1.75. The van der Waals surface area contributed by atoms with Crippen LogP contribution in [-0.4, -0.2) is 7.11 Å². The van der Waals surface area contributed by atoms with Gasteiger partial charge in [0.15, 0.2) is 0 Å². The first-order valence-electron chi connectivity index (χ1n) is 9.27. The van der Waals surface area contributed by atoms with Gasteiger partial charge in [-0.3, -0.25) is 0 Å². The summed E-state index contributed by atoms with van der Waals surface area (Å²) in [5.41, 5.74) is 6.39. The van der Waals surface area contributed by atoms with Crippen molar-refractivity contribution < 1.29 is 4.74 Å². The van der Waals surface area contributed by atoms with Crippen molar-refractivity contribution in [1.82, 2.24) is 0 Å². The third-order valence-corrected chi connectivity index (χ3v) is 3.73. The van der Waals surface area contributed by atoms with Crippen LogP contribution in [0.2, 0.25) is 0 Å². The molecule has 0 N–H and O–H groups in total. The fourth-order valence-electron chi connectivity index (χ4n) is 1.75. The molecule has 0 bridgehead atoms. The molecule has 0 saturated carbocycles. The summed E-state index contributed by atoms with van der Waals surface area (Å²) in [5.74, 6) is 0.585. The molecule has 0 heterocycles. The zero-order chi connectivity index (χ0) is 21.6. The van der Waals surface area contributed by atoms with Crippen LogP contribution in [0.3, 0.4) is 0 Å². The molecule has 148 valence electrons. The van der Waals surface area contributed by atoms with E-state index >= 15 is 0 Å². The normalized spacial score (nSPS) is 11.3. The van der Waals surface area contributed by atoms with E-state index in [0.29, 0.717) is 5.76 Å². The molecule has 0 aliphatic heterocycles. The van der Waals surface area contributed by atoms with Gasteiger partial charge in [0.2, 0.25) is 0 Å². The molecule has 0 atom stereocenters. The smallest absolute Gasteiger partial charge is 0.111 e. The average molecular weight is 367 g/mol. The molecule has 0 fully saturated rings. The van der Waals surface area contributed by atoms with E-state index in [2.05, 4.69) is 60.2 Å². The maximum atomic E-state index is 5.07. The van der Waals surface area contributed by atoms with Crippen LogP contribution in [0.1, 0.15) is 47.5 Å². The minimum absolute atomic E-state index is 0.585. The van der Waals surface area contributed by atoms with E-state index in [1.54, 1.807) is 7.11 Å². The molecule has 0 rings (SSSR count). The predicted molar refractivity (Wildman–Crippen MR) is 125 cm³/mol. The SMILES string of the molecule is C=C(/C=C\C(=C)C(=C)/C=C(/C)C(=C)C(=C)/C(C)=C\C(=C)OC)CC.CCC. The molecule has 0 aromatic carbocycles. The van der Waals surface area contributed by atoms with E-state index in [1.807, 2.05) is 38.2 Å². The monoisotopic (exact) mass is 366 g/mol. The van der Waals surface area contributed by atoms with Gasteiger partial charge in [-0.15, -0.1) is 0 Å². The van der Waals surface area contributed by atoms with Crippen LogP contribution in [0.25, 0.3) is 0 Å². The maximum Gasteiger partial charge on any atom is 0.111 e. The summed E-state index contributed by atoms with van der Waals surface area (Å²) in [7, 11) is 1.59. The van der Waals surface area contributed by atoms with Gasteiger partial charge in [0.05, 0.1) is 7.11 Å². The van der Waals surface area contributed by atoms with Crippen molar-refractivity contribution in [3.63, 3.8) is 0 Å². The summed E-state index contributed by atoms with van der Waals surface area (Å²) in [5, 5.41) is 0. The van der Waals surface area contributed by atoms with Gasteiger partial charge in [-0.05, 0) is 59.8 Å². The van der Waals surface area contributed by atoms with Crippen LogP contribution >= 0.6 is 0 Å². The van der Waals surface area contributed by atoms with Gasteiger partial charge < -0.3 is 4.74 Å². The molecule has 0 aliphatic rings. The lowest BCUT2D eigenvalue weighted by Crippen LogP contribution is -1.93. The highest BCUT2D eigenvalue weighted by molar-refractivity contribution is 5.56. The standard InChI is InChI=1S/C23H30O.C3H8/c1-11-16(2)12-13-17(3)18(4)14-19(5)22(8)23(9)20(6)15-21(7)24-10;1-3-2/h12-15H,2-4,7-9,11H2,1,5-6,10H3;3H2,1-2H3/b13-12-,19-14-,20-15-;. The second-order valence-electron chi connectivity index (χ2n) is 6.38. The van der Waals surface area contributed by atoms with E-state index in [-0.39, 0.29) is 0 Å². The van der Waals surface area contributed by atoms with Gasteiger partial charge >= 0.3 is 0 Å². The molecular formula is C26H38O. The van der Waals surface area contributed by atoms with Crippen molar-refractivity contribution in [3.05, 3.63) is 109 Å². The quantitative estimate of drug-likeness (QED) is 0.279. The minimum atomic E-state index is 0.585. The molecule has 0 spiro atoms. The largest absolute Gasteiger partial charge is 0.497 e. The lowest BCUT2D eigenvalue weighted by Gasteiger charge is -2.12. The Morgan fingerprint density at radius 2 is 1.19 bits per heavy atom. The number of methoxy groups -OCH3 is 1. The fraction of sp³-hybridized carbons (Fsp3) is 0.308. The van der Waals surface area contributed by atoms with Crippen molar-refractivity contribution in [2.24, 2.45) is 0 Å². The van der Waals surface area contributed by atoms with Crippen molar-refractivity contribution in [2.45, 2.75) is 47.5 Å². The van der Waals surface area contributed by atoms with Crippen LogP contribution in [0.4, 0.5) is 0 Å². The third kappa shape index (κ3) is 11.6. The average Bonchev–Trinajstić information content (AvgIpc) is 2.64. The zero-order valence-corrected chi connectivity index (χ0v) is 18.4. The van der Waals surface area contributed by atoms with E-state index in [1.165, 1.54) is 6.42 Å². The Balaban J connectivity index is 0. The maximum absolute atomic E-state index is 5.07. The minimum Gasteiger partial charge on any atom is -0.497 e. The van der Waals surface area contributed by atoms with Crippen LogP contribution in [0.15, 0.2) is 109 Å². The molecule has 0 aromatic rings. The topological polar surface area (TPSA) is 9.23 Å². The molecule has 0 radical (unpaired) electrons. The van der Waals surface area contributed by atoms with Gasteiger partial charge in [0.1, 0.15) is 5.76 Å². The van der Waals surface area contributed by atoms with Crippen molar-refractivity contribution in [1.29, 1.82) is 0 Å². The van der Waals surface area contributed by atoms with Gasteiger partial charge in [-0.1, -0.05) is 90.5 Å². The van der Waals surface area contributed by atoms with E-state index in [4.69, 9.17) is 4.74 Å². The van der Waals surface area contributed by atoms with Crippen molar-refractivity contribution in [2.75, 3.05) is 7.11 Å². The molecule has 0 aromatic heterocycles. The Morgan fingerprint density at radius 3 is 1.59 bits per heavy atom. The van der Waals surface area contributed by atoms with Gasteiger partial charge in [0.25, 0.3) is 0 Å². The lowest BCUT2D eigenvalue weighted by molar-refractivity contribution is 0.308. The zero-order valence-electron chi connectivity index (χ0n) is 18.4. The van der Waals surface area contributed by atoms with E-state index < -0.39 is 0 Å². The third-order valence-electron chi connectivity index (χ3n) is 3.73. The van der Waals surface area contributed by atoms with Crippen molar-refractivity contribution in [3.8, 4) is 0 Å². The molecule has 27 heavy (non-hydrogen) atoms. The Kier molecular flexibility index (Phi) is 14.4. The number of hydrogen-bond donors (Lipinski definition) is 0. The molecular weight excluding hydrogens is 328 g/mol. The number of rotatable bonds is 10. The van der Waals surface area contributed by atoms with Gasteiger partial charge in [0, 0.05) is 0 Å². The molecule has 0 unspecified atom stereocenters. The summed E-state index contributed by atoms with van der Waals surface area (Å²) in [6.45, 7) is 34.3. The number of hydrogen-bond acceptors (Lipinski definition) is 1. The van der Waals surface area contributed by atoms with E-state index in [9.17, 15) is 0 Å². The van der Waals surface area contributed by atoms with Crippen LogP contribution in [0.5, 0.6) is 0 Å². The lowest BCUT2D eigenvalue weighted by atomic mass is 9.94. The summed E-state index contributed by atoms with van der Waals surface area (Å²) in [4.78, 5) is 0. The van der Waals surface area contributed by atoms with Gasteiger partial charge in [-0.25, -0.2) is 0 Å². The van der Waals surface area contributed by atoms with Crippen LogP contribution in [-0.2, 0) is 4.74 Å². The second-order valence-corrected chi connectivity index (χ2v) is 6.38. The van der Waals surface area contributed by atoms with Gasteiger partial charge in [-0.2, -0.15) is 0 Å². The highest BCUT2D eigenvalue weighted by atomic mass is 16.5. The molecule has 1 heteroatoms. The van der Waals surface area contributed by atoms with Crippen molar-refractivity contribution >= 4 is 0 Å². The Bertz CT molecular complexity index is 675. The molecule has 1 nitrogen and oxygen atoms in total. The summed E-state index contributed by atoms with van der Waals surface area (Å²) in [6.07, 6.45) is 9.87. The highest BCUT2D eigenvalue weighted by Gasteiger charge is 2.06. The Labute approximate surface area is 168 Å². The first-order valence-corrected chi connectivity index (χ1v) is 9.27. The van der Waals surface area contributed by atoms with Crippen LogP contribution in [0, 0.1) is 0 Å². The number of ether oxygens (including phenoxy) is 1. The molecule has 0 aliphatic carbocycles. The predicted octanol–water partition coefficient (Wildman–Crippen LogP) is 8.20. The first-order chi connectivity index (χ1) is 12.5. The Morgan fingerprint density at radius 1 is 0.741 bits per heavy atom. The molecule has 0 saturated heterocycles. The van der Waals surface area contributed by atoms with Crippen LogP contribution < -0.4 is 0 Å². The second kappa shape index (κ2) is 14.6. The molecule has 0 amide bonds. The number of allylic oxidation sites excluding steroid dienone is 11. The van der Waals surface area contributed by atoms with E-state index in [0.717, 1.165) is 45.4 Å². The first kappa shape index (κ1) is 26.7.